The van der Waals surface area contributed by atoms with E-state index in [0.29, 0.717) is 61.3 Å². The standard InChI is InChI=1S/C29H42N6O7/c1-18-15-35(19(2)17-36)28(38)23-14-22(30-26(37)8-9-34-10-12-40-13-11-34)6-7-24(23)41-25(18)16-33(5)29(39)31-27-20(3)32-42-21(27)4/h6-7,14,18-19,25,36H,8-13,15-17H2,1-5H3,(H,30,37)(H,31,39)/t18-,19+,25-/m1/s1. The van der Waals surface area contributed by atoms with E-state index in [2.05, 4.69) is 20.7 Å². The molecule has 13 heteroatoms. The van der Waals surface area contributed by atoms with E-state index in [1.807, 2.05) is 6.92 Å². The number of hydrogen-bond acceptors (Lipinski definition) is 9. The van der Waals surface area contributed by atoms with E-state index in [0.717, 1.165) is 13.1 Å². The van der Waals surface area contributed by atoms with Crippen LogP contribution in [-0.2, 0) is 9.53 Å². The highest BCUT2D eigenvalue weighted by Gasteiger charge is 2.34. The number of aliphatic hydroxyl groups is 1. The lowest BCUT2D eigenvalue weighted by atomic mass is 9.99. The predicted molar refractivity (Wildman–Crippen MR) is 156 cm³/mol. The van der Waals surface area contributed by atoms with Gasteiger partial charge in [0.15, 0.2) is 5.76 Å². The molecule has 4 amide bonds. The van der Waals surface area contributed by atoms with Crippen LogP contribution >= 0.6 is 0 Å². The van der Waals surface area contributed by atoms with Crippen LogP contribution in [-0.4, -0.2) is 115 Å². The highest BCUT2D eigenvalue weighted by atomic mass is 16.5. The molecule has 0 bridgehead atoms. The maximum Gasteiger partial charge on any atom is 0.321 e. The topological polar surface area (TPSA) is 150 Å². The van der Waals surface area contributed by atoms with Gasteiger partial charge in [-0.3, -0.25) is 14.5 Å². The van der Waals surface area contributed by atoms with Crippen LogP contribution in [0.1, 0.15) is 42.1 Å². The van der Waals surface area contributed by atoms with Gasteiger partial charge in [0.25, 0.3) is 5.91 Å². The van der Waals surface area contributed by atoms with Gasteiger partial charge in [0.1, 0.15) is 23.2 Å². The second-order valence-corrected chi connectivity index (χ2v) is 11.1. The van der Waals surface area contributed by atoms with Gasteiger partial charge in [-0.2, -0.15) is 0 Å². The molecule has 3 N–H and O–H groups in total. The number of ether oxygens (including phenoxy) is 2. The molecule has 0 aliphatic carbocycles. The first-order chi connectivity index (χ1) is 20.1. The van der Waals surface area contributed by atoms with Crippen LogP contribution in [0.25, 0.3) is 0 Å². The number of aliphatic hydroxyl groups excluding tert-OH is 1. The molecule has 3 heterocycles. The van der Waals surface area contributed by atoms with Crippen LogP contribution in [0.3, 0.4) is 0 Å². The normalized spacial score (nSPS) is 20.1. The minimum absolute atomic E-state index is 0.154. The number of aromatic nitrogens is 1. The maximum atomic E-state index is 13.7. The SMILES string of the molecule is Cc1noc(C)c1NC(=O)N(C)C[C@H]1Oc2ccc(NC(=O)CCN3CCOCC3)cc2C(=O)N([C@@H](C)CO)C[C@H]1C. The molecule has 42 heavy (non-hydrogen) atoms. The summed E-state index contributed by atoms with van der Waals surface area (Å²) in [5.41, 5.74) is 1.86. The average molecular weight is 587 g/mol. The van der Waals surface area contributed by atoms with Crippen LogP contribution in [0, 0.1) is 19.8 Å². The van der Waals surface area contributed by atoms with Crippen molar-refractivity contribution >= 4 is 29.2 Å². The van der Waals surface area contributed by atoms with Gasteiger partial charge in [-0.1, -0.05) is 12.1 Å². The third kappa shape index (κ3) is 7.58. The quantitative estimate of drug-likeness (QED) is 0.402. The summed E-state index contributed by atoms with van der Waals surface area (Å²) in [5, 5.41) is 19.5. The van der Waals surface area contributed by atoms with Gasteiger partial charge in [-0.25, -0.2) is 4.79 Å². The summed E-state index contributed by atoms with van der Waals surface area (Å²) in [4.78, 5) is 44.7. The number of hydrogen-bond donors (Lipinski definition) is 3. The van der Waals surface area contributed by atoms with Crippen molar-refractivity contribution in [1.29, 1.82) is 0 Å². The fraction of sp³-hybridized carbons (Fsp3) is 0.586. The third-order valence-electron chi connectivity index (χ3n) is 7.77. The number of urea groups is 1. The third-order valence-corrected chi connectivity index (χ3v) is 7.77. The Balaban J connectivity index is 1.50. The second kappa shape index (κ2) is 14.0. The second-order valence-electron chi connectivity index (χ2n) is 11.1. The first-order valence-electron chi connectivity index (χ1n) is 14.3. The number of nitrogens with one attached hydrogen (secondary N) is 2. The Morgan fingerprint density at radius 1 is 1.21 bits per heavy atom. The van der Waals surface area contributed by atoms with Gasteiger partial charge < -0.3 is 39.5 Å². The zero-order valence-corrected chi connectivity index (χ0v) is 25.0. The summed E-state index contributed by atoms with van der Waals surface area (Å²) in [6.45, 7) is 11.1. The fourth-order valence-electron chi connectivity index (χ4n) is 5.04. The molecule has 1 fully saturated rings. The van der Waals surface area contributed by atoms with Crippen molar-refractivity contribution in [1.82, 2.24) is 19.9 Å². The Morgan fingerprint density at radius 2 is 1.95 bits per heavy atom. The summed E-state index contributed by atoms with van der Waals surface area (Å²) in [7, 11) is 1.66. The number of nitrogens with zero attached hydrogens (tertiary/aromatic N) is 4. The van der Waals surface area contributed by atoms with Crippen LogP contribution < -0.4 is 15.4 Å². The summed E-state index contributed by atoms with van der Waals surface area (Å²) in [5.74, 6) is 0.224. The van der Waals surface area contributed by atoms with Gasteiger partial charge in [0.05, 0.1) is 38.0 Å². The van der Waals surface area contributed by atoms with E-state index in [1.165, 1.54) is 4.90 Å². The van der Waals surface area contributed by atoms with Crippen molar-refractivity contribution in [2.45, 2.75) is 46.3 Å². The lowest BCUT2D eigenvalue weighted by molar-refractivity contribution is -0.116. The molecule has 3 atom stereocenters. The molecule has 0 spiro atoms. The highest BCUT2D eigenvalue weighted by Crippen LogP contribution is 2.31. The summed E-state index contributed by atoms with van der Waals surface area (Å²) in [6, 6.07) is 4.19. The number of carbonyl (C=O) groups excluding carboxylic acids is 3. The number of amides is 4. The Morgan fingerprint density at radius 3 is 2.62 bits per heavy atom. The highest BCUT2D eigenvalue weighted by molar-refractivity contribution is 6.00. The van der Waals surface area contributed by atoms with E-state index in [9.17, 15) is 19.5 Å². The molecule has 1 saturated heterocycles. The van der Waals surface area contributed by atoms with Gasteiger partial charge in [-0.15, -0.1) is 0 Å². The summed E-state index contributed by atoms with van der Waals surface area (Å²) in [6.07, 6.45) is -0.156. The molecular formula is C29H42N6O7. The first-order valence-corrected chi connectivity index (χ1v) is 14.3. The van der Waals surface area contributed by atoms with Crippen molar-refractivity contribution in [3.05, 3.63) is 35.2 Å². The number of anilines is 2. The Kier molecular flexibility index (Phi) is 10.4. The monoisotopic (exact) mass is 586 g/mol. The van der Waals surface area contributed by atoms with Crippen molar-refractivity contribution in [3.8, 4) is 5.75 Å². The number of benzene rings is 1. The maximum absolute atomic E-state index is 13.7. The first kappa shape index (κ1) is 31.3. The van der Waals surface area contributed by atoms with Crippen molar-refractivity contribution in [3.63, 3.8) is 0 Å². The zero-order valence-electron chi connectivity index (χ0n) is 25.0. The van der Waals surface area contributed by atoms with Crippen molar-refractivity contribution in [2.24, 2.45) is 5.92 Å². The number of aryl methyl sites for hydroxylation is 2. The molecule has 4 rings (SSSR count). The largest absolute Gasteiger partial charge is 0.487 e. The number of morpholine rings is 1. The molecule has 230 valence electrons. The molecule has 0 unspecified atom stereocenters. The van der Waals surface area contributed by atoms with Crippen LogP contribution in [0.2, 0.25) is 0 Å². The van der Waals surface area contributed by atoms with E-state index in [4.69, 9.17) is 14.0 Å². The average Bonchev–Trinajstić information content (AvgIpc) is 3.30. The lowest BCUT2D eigenvalue weighted by Crippen LogP contribution is -2.50. The zero-order chi connectivity index (χ0) is 30.4. The number of likely N-dealkylation sites (N-methyl/N-ethyl adjacent to an activating group) is 1. The smallest absolute Gasteiger partial charge is 0.321 e. The minimum atomic E-state index is -0.473. The molecular weight excluding hydrogens is 544 g/mol. The lowest BCUT2D eigenvalue weighted by Gasteiger charge is -2.38. The molecule has 2 aliphatic heterocycles. The van der Waals surface area contributed by atoms with Gasteiger partial charge in [0.2, 0.25) is 5.91 Å². The number of carbonyl (C=O) groups is 3. The molecule has 1 aromatic carbocycles. The summed E-state index contributed by atoms with van der Waals surface area (Å²) >= 11 is 0. The molecule has 2 aromatic rings. The van der Waals surface area contributed by atoms with Crippen LogP contribution in [0.4, 0.5) is 16.2 Å². The van der Waals surface area contributed by atoms with Gasteiger partial charge in [0, 0.05) is 51.3 Å². The minimum Gasteiger partial charge on any atom is -0.487 e. The molecule has 1 aromatic heterocycles. The Hall–Kier alpha value is -3.68. The van der Waals surface area contributed by atoms with Gasteiger partial charge in [-0.05, 0) is 39.0 Å². The summed E-state index contributed by atoms with van der Waals surface area (Å²) < 4.78 is 16.9. The number of fused-ring (bicyclic) bond motifs is 1. The molecule has 0 radical (unpaired) electrons. The van der Waals surface area contributed by atoms with Gasteiger partial charge >= 0.3 is 6.03 Å². The van der Waals surface area contributed by atoms with E-state index < -0.39 is 12.1 Å². The Bertz CT molecular complexity index is 1240. The predicted octanol–water partition coefficient (Wildman–Crippen LogP) is 2.34. The van der Waals surface area contributed by atoms with Crippen LogP contribution in [0.5, 0.6) is 5.75 Å². The van der Waals surface area contributed by atoms with E-state index in [1.54, 1.807) is 50.9 Å². The van der Waals surface area contributed by atoms with E-state index >= 15 is 0 Å². The molecule has 13 nitrogen and oxygen atoms in total. The fourth-order valence-corrected chi connectivity index (χ4v) is 5.04. The van der Waals surface area contributed by atoms with Crippen molar-refractivity contribution in [2.75, 3.05) is 70.2 Å². The van der Waals surface area contributed by atoms with E-state index in [-0.39, 0.29) is 42.5 Å². The number of rotatable bonds is 9. The van der Waals surface area contributed by atoms with Crippen molar-refractivity contribution < 1.29 is 33.5 Å². The van der Waals surface area contributed by atoms with Crippen LogP contribution in [0.15, 0.2) is 22.7 Å². The molecule has 0 saturated carbocycles. The molecule has 2 aliphatic rings. The Labute approximate surface area is 246 Å².